The van der Waals surface area contributed by atoms with Crippen molar-refractivity contribution >= 4 is 0 Å². The summed E-state index contributed by atoms with van der Waals surface area (Å²) in [5.74, 6) is 0. The Hall–Kier alpha value is -0.760. The second kappa shape index (κ2) is 10.0. The van der Waals surface area contributed by atoms with Crippen LogP contribution in [0.25, 0.3) is 0 Å². The number of nitrogens with one attached hydrogen (secondary N) is 1. The Balaban J connectivity index is 1.98. The summed E-state index contributed by atoms with van der Waals surface area (Å²) in [4.78, 5) is 0. The van der Waals surface area contributed by atoms with Crippen LogP contribution in [0.4, 0.5) is 0 Å². The highest BCUT2D eigenvalue weighted by molar-refractivity contribution is 5.26. The molecule has 0 aliphatic rings. The van der Waals surface area contributed by atoms with Gasteiger partial charge >= 0.3 is 0 Å². The van der Waals surface area contributed by atoms with Gasteiger partial charge in [0, 0.05) is 25.0 Å². The number of hydrogen-bond donors (Lipinski definition) is 1. The van der Waals surface area contributed by atoms with Gasteiger partial charge in [-0.15, -0.1) is 0 Å². The summed E-state index contributed by atoms with van der Waals surface area (Å²) in [5.41, 5.74) is 4.20. The Morgan fingerprint density at radius 2 is 1.55 bits per heavy atom. The fraction of sp³-hybridized carbons (Fsp3) is 0.778. The summed E-state index contributed by atoms with van der Waals surface area (Å²) in [6, 6.07) is 2.30. The lowest BCUT2D eigenvalue weighted by atomic mass is 10.1. The molecule has 0 aliphatic carbocycles. The SMILES string of the molecule is CCCCCCCCCCNCc1cc(C)n(C)c1C. The standard InChI is InChI=1S/C18H34N2/c1-5-6-7-8-9-10-11-12-13-19-15-18-14-16(2)20(4)17(18)3/h14,19H,5-13,15H2,1-4H3. The second-order valence-electron chi connectivity index (χ2n) is 6.11. The molecule has 1 rings (SSSR count). The van der Waals surface area contributed by atoms with Crippen molar-refractivity contribution in [2.45, 2.75) is 78.7 Å². The molecule has 0 aromatic carbocycles. The number of aryl methyl sites for hydroxylation is 1. The molecule has 0 spiro atoms. The monoisotopic (exact) mass is 278 g/mol. The first kappa shape index (κ1) is 17.3. The molecule has 0 saturated carbocycles. The minimum atomic E-state index is 1.02. The van der Waals surface area contributed by atoms with Gasteiger partial charge in [0.2, 0.25) is 0 Å². The van der Waals surface area contributed by atoms with Crippen molar-refractivity contribution in [1.82, 2.24) is 9.88 Å². The fourth-order valence-corrected chi connectivity index (χ4v) is 2.72. The van der Waals surface area contributed by atoms with E-state index in [2.05, 4.69) is 43.8 Å². The maximum Gasteiger partial charge on any atom is 0.0223 e. The zero-order valence-electron chi connectivity index (χ0n) is 14.1. The molecule has 0 amide bonds. The quantitative estimate of drug-likeness (QED) is 0.571. The molecule has 2 heteroatoms. The minimum Gasteiger partial charge on any atom is -0.352 e. The van der Waals surface area contributed by atoms with E-state index in [0.717, 1.165) is 13.1 Å². The molecule has 0 aliphatic heterocycles. The molecule has 0 radical (unpaired) electrons. The Morgan fingerprint density at radius 3 is 2.10 bits per heavy atom. The van der Waals surface area contributed by atoms with Crippen molar-refractivity contribution in [3.05, 3.63) is 23.0 Å². The first-order valence-electron chi connectivity index (χ1n) is 8.49. The van der Waals surface area contributed by atoms with Crippen LogP contribution < -0.4 is 5.32 Å². The van der Waals surface area contributed by atoms with E-state index in [1.807, 2.05) is 0 Å². The largest absolute Gasteiger partial charge is 0.352 e. The van der Waals surface area contributed by atoms with Gasteiger partial charge in [0.05, 0.1) is 0 Å². The third-order valence-electron chi connectivity index (χ3n) is 4.40. The van der Waals surface area contributed by atoms with Gasteiger partial charge in [-0.1, -0.05) is 51.9 Å². The van der Waals surface area contributed by atoms with E-state index in [1.54, 1.807) is 0 Å². The van der Waals surface area contributed by atoms with Gasteiger partial charge in [-0.05, 0) is 38.4 Å². The fourth-order valence-electron chi connectivity index (χ4n) is 2.72. The Morgan fingerprint density at radius 1 is 0.950 bits per heavy atom. The first-order chi connectivity index (χ1) is 9.66. The van der Waals surface area contributed by atoms with E-state index >= 15 is 0 Å². The normalized spacial score (nSPS) is 11.2. The lowest BCUT2D eigenvalue weighted by Crippen LogP contribution is -2.15. The first-order valence-corrected chi connectivity index (χ1v) is 8.49. The molecular weight excluding hydrogens is 244 g/mol. The van der Waals surface area contributed by atoms with E-state index < -0.39 is 0 Å². The van der Waals surface area contributed by atoms with Crippen LogP contribution >= 0.6 is 0 Å². The average Bonchev–Trinajstić information content (AvgIpc) is 2.68. The van der Waals surface area contributed by atoms with Crippen LogP contribution in [0.3, 0.4) is 0 Å². The van der Waals surface area contributed by atoms with Crippen molar-refractivity contribution in [3.8, 4) is 0 Å². The third kappa shape index (κ3) is 6.13. The van der Waals surface area contributed by atoms with E-state index in [4.69, 9.17) is 0 Å². The predicted octanol–water partition coefficient (Wildman–Crippen LogP) is 4.87. The van der Waals surface area contributed by atoms with Crippen molar-refractivity contribution in [1.29, 1.82) is 0 Å². The Bertz CT molecular complexity index is 366. The van der Waals surface area contributed by atoms with Crippen molar-refractivity contribution in [2.24, 2.45) is 7.05 Å². The second-order valence-corrected chi connectivity index (χ2v) is 6.11. The van der Waals surface area contributed by atoms with Crippen molar-refractivity contribution < 1.29 is 0 Å². The molecule has 0 unspecified atom stereocenters. The summed E-state index contributed by atoms with van der Waals surface area (Å²) >= 11 is 0. The van der Waals surface area contributed by atoms with Crippen LogP contribution in [0.15, 0.2) is 6.07 Å². The topological polar surface area (TPSA) is 17.0 Å². The zero-order valence-corrected chi connectivity index (χ0v) is 14.1. The minimum absolute atomic E-state index is 1.02. The van der Waals surface area contributed by atoms with Crippen LogP contribution in [-0.4, -0.2) is 11.1 Å². The van der Waals surface area contributed by atoms with Gasteiger partial charge in [0.1, 0.15) is 0 Å². The third-order valence-corrected chi connectivity index (χ3v) is 4.40. The Labute approximate surface area is 126 Å². The molecule has 20 heavy (non-hydrogen) atoms. The van der Waals surface area contributed by atoms with E-state index in [9.17, 15) is 0 Å². The van der Waals surface area contributed by atoms with Gasteiger partial charge in [0.15, 0.2) is 0 Å². The van der Waals surface area contributed by atoms with E-state index in [1.165, 1.54) is 68.3 Å². The maximum absolute atomic E-state index is 3.58. The molecule has 0 bridgehead atoms. The lowest BCUT2D eigenvalue weighted by Gasteiger charge is -2.06. The summed E-state index contributed by atoms with van der Waals surface area (Å²) in [6.45, 7) is 8.84. The number of aromatic nitrogens is 1. The maximum atomic E-state index is 3.58. The van der Waals surface area contributed by atoms with Gasteiger partial charge < -0.3 is 9.88 Å². The molecule has 0 saturated heterocycles. The number of hydrogen-bond acceptors (Lipinski definition) is 1. The molecule has 1 heterocycles. The van der Waals surface area contributed by atoms with Crippen molar-refractivity contribution in [2.75, 3.05) is 6.54 Å². The summed E-state index contributed by atoms with van der Waals surface area (Å²) in [5, 5.41) is 3.58. The number of unbranched alkanes of at least 4 members (excludes halogenated alkanes) is 7. The predicted molar refractivity (Wildman–Crippen MR) is 89.2 cm³/mol. The lowest BCUT2D eigenvalue weighted by molar-refractivity contribution is 0.554. The molecular formula is C18H34N2. The van der Waals surface area contributed by atoms with Gasteiger partial charge in [0.25, 0.3) is 0 Å². The summed E-state index contributed by atoms with van der Waals surface area (Å²) in [6.07, 6.45) is 11.2. The van der Waals surface area contributed by atoms with Crippen LogP contribution in [0.2, 0.25) is 0 Å². The summed E-state index contributed by atoms with van der Waals surface area (Å²) < 4.78 is 2.27. The molecule has 1 aromatic heterocycles. The van der Waals surface area contributed by atoms with Crippen LogP contribution in [-0.2, 0) is 13.6 Å². The van der Waals surface area contributed by atoms with Gasteiger partial charge in [-0.3, -0.25) is 0 Å². The molecule has 116 valence electrons. The van der Waals surface area contributed by atoms with Gasteiger partial charge in [-0.2, -0.15) is 0 Å². The number of rotatable bonds is 11. The van der Waals surface area contributed by atoms with E-state index in [0.29, 0.717) is 0 Å². The van der Waals surface area contributed by atoms with Gasteiger partial charge in [-0.25, -0.2) is 0 Å². The highest BCUT2D eigenvalue weighted by Gasteiger charge is 2.04. The van der Waals surface area contributed by atoms with Crippen LogP contribution in [0, 0.1) is 13.8 Å². The zero-order chi connectivity index (χ0) is 14.8. The number of nitrogens with zero attached hydrogens (tertiary/aromatic N) is 1. The Kier molecular flexibility index (Phi) is 8.68. The molecule has 0 fully saturated rings. The molecule has 1 aromatic rings. The molecule has 0 atom stereocenters. The van der Waals surface area contributed by atoms with Crippen molar-refractivity contribution in [3.63, 3.8) is 0 Å². The molecule has 1 N–H and O–H groups in total. The smallest absolute Gasteiger partial charge is 0.0223 e. The van der Waals surface area contributed by atoms with Crippen LogP contribution in [0.5, 0.6) is 0 Å². The van der Waals surface area contributed by atoms with E-state index in [-0.39, 0.29) is 0 Å². The molecule has 2 nitrogen and oxygen atoms in total. The van der Waals surface area contributed by atoms with Crippen LogP contribution in [0.1, 0.15) is 75.2 Å². The summed E-state index contributed by atoms with van der Waals surface area (Å²) in [7, 11) is 2.15. The highest BCUT2D eigenvalue weighted by Crippen LogP contribution is 2.13. The highest BCUT2D eigenvalue weighted by atomic mass is 15.0. The average molecular weight is 278 g/mol.